The van der Waals surface area contributed by atoms with E-state index in [4.69, 9.17) is 9.84 Å². The summed E-state index contributed by atoms with van der Waals surface area (Å²) < 4.78 is 5.19. The Morgan fingerprint density at radius 2 is 1.61 bits per heavy atom. The zero-order chi connectivity index (χ0) is 16.8. The van der Waals surface area contributed by atoms with Crippen LogP contribution in [0, 0.1) is 5.92 Å². The van der Waals surface area contributed by atoms with Crippen molar-refractivity contribution >= 4 is 11.9 Å². The van der Waals surface area contributed by atoms with Gasteiger partial charge in [-0.1, -0.05) is 50.2 Å². The molecule has 0 amide bonds. The van der Waals surface area contributed by atoms with Crippen LogP contribution < -0.4 is 4.74 Å². The minimum Gasteiger partial charge on any atom is -0.478 e. The first kappa shape index (κ1) is 16.7. The number of carboxylic acids is 1. The fourth-order valence-corrected chi connectivity index (χ4v) is 2.32. The Balaban J connectivity index is 2.01. The second-order valence-electron chi connectivity index (χ2n) is 5.87. The van der Waals surface area contributed by atoms with Gasteiger partial charge in [0.25, 0.3) is 0 Å². The lowest BCUT2D eigenvalue weighted by atomic mass is 10.0. The lowest BCUT2D eigenvalue weighted by Crippen LogP contribution is -2.13. The van der Waals surface area contributed by atoms with Crippen molar-refractivity contribution in [3.63, 3.8) is 0 Å². The number of hydrogen-bond acceptors (Lipinski definition) is 3. The van der Waals surface area contributed by atoms with Crippen molar-refractivity contribution < 1.29 is 19.4 Å². The molecule has 0 spiro atoms. The van der Waals surface area contributed by atoms with Crippen LogP contribution in [0.15, 0.2) is 48.5 Å². The summed E-state index contributed by atoms with van der Waals surface area (Å²) in [6.45, 7) is 4.32. The van der Waals surface area contributed by atoms with Crippen LogP contribution in [0.4, 0.5) is 0 Å². The number of carbonyl (C=O) groups is 2. The Morgan fingerprint density at radius 3 is 2.22 bits per heavy atom. The number of rotatable bonds is 6. The van der Waals surface area contributed by atoms with Gasteiger partial charge in [0.2, 0.25) is 0 Å². The van der Waals surface area contributed by atoms with Crippen molar-refractivity contribution in [3.05, 3.63) is 65.2 Å². The molecular formula is C19H20O4. The largest absolute Gasteiger partial charge is 0.478 e. The van der Waals surface area contributed by atoms with E-state index in [1.54, 1.807) is 12.1 Å². The van der Waals surface area contributed by atoms with E-state index in [1.165, 1.54) is 17.7 Å². The highest BCUT2D eigenvalue weighted by Gasteiger charge is 2.14. The van der Waals surface area contributed by atoms with E-state index < -0.39 is 11.9 Å². The number of aromatic carboxylic acids is 1. The Morgan fingerprint density at radius 1 is 1.00 bits per heavy atom. The summed E-state index contributed by atoms with van der Waals surface area (Å²) in [5.41, 5.74) is 2.05. The van der Waals surface area contributed by atoms with Gasteiger partial charge in [0.05, 0.1) is 6.42 Å². The van der Waals surface area contributed by atoms with E-state index in [9.17, 15) is 9.59 Å². The number of carbonyl (C=O) groups excluding carboxylic acids is 1. The maximum absolute atomic E-state index is 12.0. The SMILES string of the molecule is CC(C)Cc1ccc(CC(=O)Oc2ccccc2C(=O)O)cc1. The molecule has 0 aliphatic rings. The van der Waals surface area contributed by atoms with Crippen molar-refractivity contribution in [2.24, 2.45) is 5.92 Å². The molecule has 0 saturated carbocycles. The van der Waals surface area contributed by atoms with Crippen LogP contribution in [0.5, 0.6) is 5.75 Å². The first-order chi connectivity index (χ1) is 11.0. The number of ether oxygens (including phenoxy) is 1. The van der Waals surface area contributed by atoms with Crippen molar-refractivity contribution in [1.82, 2.24) is 0 Å². The Hall–Kier alpha value is -2.62. The topological polar surface area (TPSA) is 63.6 Å². The lowest BCUT2D eigenvalue weighted by Gasteiger charge is -2.08. The monoisotopic (exact) mass is 312 g/mol. The molecule has 0 aliphatic heterocycles. The number of hydrogen-bond donors (Lipinski definition) is 1. The molecule has 0 fully saturated rings. The second-order valence-corrected chi connectivity index (χ2v) is 5.87. The average molecular weight is 312 g/mol. The minimum atomic E-state index is -1.12. The highest BCUT2D eigenvalue weighted by Crippen LogP contribution is 2.19. The molecule has 4 nitrogen and oxygen atoms in total. The summed E-state index contributed by atoms with van der Waals surface area (Å²) in [5, 5.41) is 9.08. The van der Waals surface area contributed by atoms with Gasteiger partial charge in [-0.05, 0) is 35.6 Å². The Labute approximate surface area is 135 Å². The highest BCUT2D eigenvalue weighted by molar-refractivity contribution is 5.92. The van der Waals surface area contributed by atoms with Crippen LogP contribution >= 0.6 is 0 Å². The van der Waals surface area contributed by atoms with Gasteiger partial charge in [-0.3, -0.25) is 4.79 Å². The lowest BCUT2D eigenvalue weighted by molar-refractivity contribution is -0.133. The number of benzene rings is 2. The van der Waals surface area contributed by atoms with Gasteiger partial charge < -0.3 is 9.84 Å². The van der Waals surface area contributed by atoms with Gasteiger partial charge >= 0.3 is 11.9 Å². The molecule has 0 heterocycles. The molecule has 0 unspecified atom stereocenters. The summed E-state index contributed by atoms with van der Waals surface area (Å²) in [7, 11) is 0. The fraction of sp³-hybridized carbons (Fsp3) is 0.263. The average Bonchev–Trinajstić information content (AvgIpc) is 2.49. The minimum absolute atomic E-state index is 0.0202. The summed E-state index contributed by atoms with van der Waals surface area (Å²) >= 11 is 0. The maximum atomic E-state index is 12.0. The molecular weight excluding hydrogens is 292 g/mol. The van der Waals surface area contributed by atoms with Gasteiger partial charge in [0.1, 0.15) is 11.3 Å². The Bertz CT molecular complexity index is 687. The van der Waals surface area contributed by atoms with Crippen LogP contribution in [-0.4, -0.2) is 17.0 Å². The molecule has 2 aromatic carbocycles. The summed E-state index contributed by atoms with van der Waals surface area (Å²) in [5.74, 6) is -0.943. The van der Waals surface area contributed by atoms with Crippen LogP contribution in [-0.2, 0) is 17.6 Å². The van der Waals surface area contributed by atoms with E-state index in [0.717, 1.165) is 12.0 Å². The van der Waals surface area contributed by atoms with Crippen LogP contribution in [0.3, 0.4) is 0 Å². The van der Waals surface area contributed by atoms with Crippen molar-refractivity contribution in [3.8, 4) is 5.75 Å². The summed E-state index contributed by atoms with van der Waals surface area (Å²) in [6, 6.07) is 13.9. The molecule has 0 aromatic heterocycles. The molecule has 2 rings (SSSR count). The molecule has 4 heteroatoms. The molecule has 0 saturated heterocycles. The van der Waals surface area contributed by atoms with E-state index in [1.807, 2.05) is 24.3 Å². The second kappa shape index (κ2) is 7.58. The van der Waals surface area contributed by atoms with Crippen LogP contribution in [0.2, 0.25) is 0 Å². The molecule has 23 heavy (non-hydrogen) atoms. The third-order valence-corrected chi connectivity index (χ3v) is 3.36. The molecule has 0 atom stereocenters. The first-order valence-corrected chi connectivity index (χ1v) is 7.56. The van der Waals surface area contributed by atoms with E-state index in [-0.39, 0.29) is 17.7 Å². The molecule has 120 valence electrons. The van der Waals surface area contributed by atoms with Crippen molar-refractivity contribution in [2.45, 2.75) is 26.7 Å². The molecule has 0 bridgehead atoms. The molecule has 2 aromatic rings. The Kier molecular flexibility index (Phi) is 5.52. The van der Waals surface area contributed by atoms with Gasteiger partial charge in [0.15, 0.2) is 0 Å². The zero-order valence-electron chi connectivity index (χ0n) is 13.3. The van der Waals surface area contributed by atoms with Gasteiger partial charge in [-0.15, -0.1) is 0 Å². The predicted octanol–water partition coefficient (Wildman–Crippen LogP) is 3.73. The van der Waals surface area contributed by atoms with Crippen LogP contribution in [0.1, 0.15) is 35.3 Å². The number of para-hydroxylation sites is 1. The van der Waals surface area contributed by atoms with E-state index in [0.29, 0.717) is 5.92 Å². The maximum Gasteiger partial charge on any atom is 0.339 e. The summed E-state index contributed by atoms with van der Waals surface area (Å²) in [6.07, 6.45) is 1.10. The molecule has 0 radical (unpaired) electrons. The fourth-order valence-electron chi connectivity index (χ4n) is 2.32. The third-order valence-electron chi connectivity index (χ3n) is 3.36. The highest BCUT2D eigenvalue weighted by atomic mass is 16.5. The smallest absolute Gasteiger partial charge is 0.339 e. The molecule has 1 N–H and O–H groups in total. The number of esters is 1. The zero-order valence-corrected chi connectivity index (χ0v) is 13.3. The normalized spacial score (nSPS) is 10.6. The summed E-state index contributed by atoms with van der Waals surface area (Å²) in [4.78, 5) is 23.1. The van der Waals surface area contributed by atoms with Crippen LogP contribution in [0.25, 0.3) is 0 Å². The molecule has 0 aliphatic carbocycles. The standard InChI is InChI=1S/C19H20O4/c1-13(2)11-14-7-9-15(10-8-14)12-18(20)23-17-6-4-3-5-16(17)19(21)22/h3-10,13H,11-12H2,1-2H3,(H,21,22). The van der Waals surface area contributed by atoms with E-state index in [2.05, 4.69) is 13.8 Å². The predicted molar refractivity (Wildman–Crippen MR) is 87.7 cm³/mol. The quantitative estimate of drug-likeness (QED) is 0.652. The number of carboxylic acid groups (broad SMARTS) is 1. The third kappa shape index (κ3) is 4.95. The van der Waals surface area contributed by atoms with Crippen molar-refractivity contribution in [2.75, 3.05) is 0 Å². The first-order valence-electron chi connectivity index (χ1n) is 7.56. The van der Waals surface area contributed by atoms with E-state index >= 15 is 0 Å². The van der Waals surface area contributed by atoms with Crippen molar-refractivity contribution in [1.29, 1.82) is 0 Å². The van der Waals surface area contributed by atoms with Gasteiger partial charge in [-0.2, -0.15) is 0 Å². The van der Waals surface area contributed by atoms with Gasteiger partial charge in [0, 0.05) is 0 Å². The van der Waals surface area contributed by atoms with Gasteiger partial charge in [-0.25, -0.2) is 4.79 Å².